The average molecular weight is 323 g/mol. The van der Waals surface area contributed by atoms with E-state index >= 15 is 0 Å². The van der Waals surface area contributed by atoms with Gasteiger partial charge in [0.2, 0.25) is 15.9 Å². The van der Waals surface area contributed by atoms with Crippen molar-refractivity contribution in [1.29, 1.82) is 0 Å². The molecule has 1 atom stereocenters. The SMILES string of the molecule is CC(=O)Nc1ccc(F)c(NS(=O)(=O)CC(C)CCl)c1. The Morgan fingerprint density at radius 2 is 2.10 bits per heavy atom. The Balaban J connectivity index is 2.93. The molecule has 0 fully saturated rings. The van der Waals surface area contributed by atoms with Gasteiger partial charge < -0.3 is 5.32 Å². The molecule has 0 heterocycles. The van der Waals surface area contributed by atoms with Crippen molar-refractivity contribution in [3.05, 3.63) is 24.0 Å². The van der Waals surface area contributed by atoms with E-state index in [1.807, 2.05) is 0 Å². The van der Waals surface area contributed by atoms with Gasteiger partial charge >= 0.3 is 0 Å². The summed E-state index contributed by atoms with van der Waals surface area (Å²) in [5, 5.41) is 2.45. The number of alkyl halides is 1. The van der Waals surface area contributed by atoms with Crippen molar-refractivity contribution < 1.29 is 17.6 Å². The molecule has 20 heavy (non-hydrogen) atoms. The van der Waals surface area contributed by atoms with Gasteiger partial charge in [-0.15, -0.1) is 11.6 Å². The number of sulfonamides is 1. The van der Waals surface area contributed by atoms with Crippen molar-refractivity contribution in [1.82, 2.24) is 0 Å². The fraction of sp³-hybridized carbons (Fsp3) is 0.417. The van der Waals surface area contributed by atoms with Gasteiger partial charge in [0.25, 0.3) is 0 Å². The number of benzene rings is 1. The van der Waals surface area contributed by atoms with Crippen LogP contribution in [0.5, 0.6) is 0 Å². The van der Waals surface area contributed by atoms with Crippen LogP contribution in [0.15, 0.2) is 18.2 Å². The van der Waals surface area contributed by atoms with Crippen LogP contribution in [-0.4, -0.2) is 26.0 Å². The molecular weight excluding hydrogens is 307 g/mol. The molecule has 0 bridgehead atoms. The lowest BCUT2D eigenvalue weighted by atomic mass is 10.2. The Bertz CT molecular complexity index is 592. The zero-order valence-electron chi connectivity index (χ0n) is 11.1. The van der Waals surface area contributed by atoms with Crippen molar-refractivity contribution in [2.45, 2.75) is 13.8 Å². The Hall–Kier alpha value is -1.34. The lowest BCUT2D eigenvalue weighted by Gasteiger charge is -2.13. The molecule has 0 aromatic heterocycles. The minimum absolute atomic E-state index is 0.190. The van der Waals surface area contributed by atoms with E-state index in [9.17, 15) is 17.6 Å². The Morgan fingerprint density at radius 3 is 2.65 bits per heavy atom. The highest BCUT2D eigenvalue weighted by atomic mass is 35.5. The monoisotopic (exact) mass is 322 g/mol. The topological polar surface area (TPSA) is 75.3 Å². The maximum Gasteiger partial charge on any atom is 0.233 e. The number of hydrogen-bond donors (Lipinski definition) is 2. The van der Waals surface area contributed by atoms with Gasteiger partial charge in [0.1, 0.15) is 5.82 Å². The van der Waals surface area contributed by atoms with Crippen LogP contribution in [0.4, 0.5) is 15.8 Å². The van der Waals surface area contributed by atoms with Gasteiger partial charge in [-0.1, -0.05) is 6.92 Å². The molecule has 1 unspecified atom stereocenters. The summed E-state index contributed by atoms with van der Waals surface area (Å²) in [6, 6.07) is 3.64. The molecule has 1 aromatic rings. The Kier molecular flexibility index (Phi) is 5.76. The Morgan fingerprint density at radius 1 is 1.45 bits per heavy atom. The van der Waals surface area contributed by atoms with Crippen molar-refractivity contribution in [3.63, 3.8) is 0 Å². The third-order valence-corrected chi connectivity index (χ3v) is 4.39. The van der Waals surface area contributed by atoms with Crippen molar-refractivity contribution in [2.75, 3.05) is 21.7 Å². The standard InChI is InChI=1S/C12H16ClFN2O3S/c1-8(6-13)7-20(18,19)16-12-5-10(15-9(2)17)3-4-11(12)14/h3-5,8,16H,6-7H2,1-2H3,(H,15,17). The molecule has 0 spiro atoms. The fourth-order valence-corrected chi connectivity index (χ4v) is 3.19. The molecule has 1 aromatic carbocycles. The molecule has 2 N–H and O–H groups in total. The Labute approximate surface area is 122 Å². The maximum atomic E-state index is 13.6. The van der Waals surface area contributed by atoms with Crippen LogP contribution < -0.4 is 10.0 Å². The fourth-order valence-electron chi connectivity index (χ4n) is 1.51. The largest absolute Gasteiger partial charge is 0.326 e. The van der Waals surface area contributed by atoms with E-state index in [1.165, 1.54) is 19.1 Å². The van der Waals surface area contributed by atoms with E-state index in [1.54, 1.807) is 6.92 Å². The highest BCUT2D eigenvalue weighted by molar-refractivity contribution is 7.92. The van der Waals surface area contributed by atoms with Crippen molar-refractivity contribution in [2.24, 2.45) is 5.92 Å². The van der Waals surface area contributed by atoms with E-state index in [0.29, 0.717) is 5.69 Å². The molecule has 0 aliphatic heterocycles. The third-order valence-electron chi connectivity index (χ3n) is 2.32. The van der Waals surface area contributed by atoms with Crippen LogP contribution in [0.1, 0.15) is 13.8 Å². The minimum atomic E-state index is -3.70. The molecule has 1 rings (SSSR count). The predicted molar refractivity (Wildman–Crippen MR) is 78.0 cm³/mol. The third kappa shape index (κ3) is 5.34. The summed E-state index contributed by atoms with van der Waals surface area (Å²) in [4.78, 5) is 10.9. The van der Waals surface area contributed by atoms with Crippen LogP contribution >= 0.6 is 11.6 Å². The number of amides is 1. The molecule has 112 valence electrons. The van der Waals surface area contributed by atoms with Gasteiger partial charge in [-0.05, 0) is 24.1 Å². The van der Waals surface area contributed by atoms with E-state index in [2.05, 4.69) is 10.0 Å². The zero-order chi connectivity index (χ0) is 15.3. The number of carbonyl (C=O) groups excluding carboxylic acids is 1. The summed E-state index contributed by atoms with van der Waals surface area (Å²) in [7, 11) is -3.70. The summed E-state index contributed by atoms with van der Waals surface area (Å²) in [5.74, 6) is -1.33. The highest BCUT2D eigenvalue weighted by Gasteiger charge is 2.17. The van der Waals surface area contributed by atoms with Gasteiger partial charge in [-0.2, -0.15) is 0 Å². The molecule has 0 saturated carbocycles. The highest BCUT2D eigenvalue weighted by Crippen LogP contribution is 2.21. The second-order valence-electron chi connectivity index (χ2n) is 4.52. The molecular formula is C12H16ClFN2O3S. The van der Waals surface area contributed by atoms with Gasteiger partial charge in [0, 0.05) is 18.5 Å². The molecule has 0 aliphatic rings. The van der Waals surface area contributed by atoms with Gasteiger partial charge in [0.05, 0.1) is 11.4 Å². The number of nitrogens with one attached hydrogen (secondary N) is 2. The summed E-state index contributed by atoms with van der Waals surface area (Å²) >= 11 is 5.56. The first kappa shape index (κ1) is 16.7. The molecule has 1 amide bonds. The predicted octanol–water partition coefficient (Wildman–Crippen LogP) is 2.40. The second-order valence-corrected chi connectivity index (χ2v) is 6.59. The number of halogens is 2. The molecule has 5 nitrogen and oxygen atoms in total. The maximum absolute atomic E-state index is 13.6. The van der Waals surface area contributed by atoms with Crippen LogP contribution in [0.3, 0.4) is 0 Å². The van der Waals surface area contributed by atoms with Gasteiger partial charge in [0.15, 0.2) is 0 Å². The van der Waals surface area contributed by atoms with E-state index in [4.69, 9.17) is 11.6 Å². The summed E-state index contributed by atoms with van der Waals surface area (Å²) in [6.07, 6.45) is 0. The van der Waals surface area contributed by atoms with Crippen LogP contribution in [0.2, 0.25) is 0 Å². The molecule has 0 aliphatic carbocycles. The average Bonchev–Trinajstić information content (AvgIpc) is 2.31. The first-order valence-corrected chi connectivity index (χ1v) is 8.06. The number of carbonyl (C=O) groups is 1. The summed E-state index contributed by atoms with van der Waals surface area (Å²) in [5.41, 5.74) is 0.0972. The quantitative estimate of drug-likeness (QED) is 0.790. The second kappa shape index (κ2) is 6.90. The normalized spacial score (nSPS) is 12.8. The van der Waals surface area contributed by atoms with E-state index in [-0.39, 0.29) is 29.1 Å². The van der Waals surface area contributed by atoms with Crippen LogP contribution in [-0.2, 0) is 14.8 Å². The lowest BCUT2D eigenvalue weighted by Crippen LogP contribution is -2.22. The number of hydrogen-bond acceptors (Lipinski definition) is 3. The summed E-state index contributed by atoms with van der Waals surface area (Å²) in [6.45, 7) is 2.98. The summed E-state index contributed by atoms with van der Waals surface area (Å²) < 4.78 is 39.4. The molecule has 0 saturated heterocycles. The molecule has 8 heteroatoms. The number of anilines is 2. The van der Waals surface area contributed by atoms with Crippen molar-refractivity contribution >= 4 is 38.9 Å². The van der Waals surface area contributed by atoms with E-state index < -0.39 is 15.8 Å². The lowest BCUT2D eigenvalue weighted by molar-refractivity contribution is -0.114. The van der Waals surface area contributed by atoms with Crippen LogP contribution in [0, 0.1) is 11.7 Å². The van der Waals surface area contributed by atoms with E-state index in [0.717, 1.165) is 6.07 Å². The zero-order valence-corrected chi connectivity index (χ0v) is 12.7. The number of rotatable bonds is 6. The van der Waals surface area contributed by atoms with Crippen LogP contribution in [0.25, 0.3) is 0 Å². The van der Waals surface area contributed by atoms with Gasteiger partial charge in [-0.25, -0.2) is 12.8 Å². The first-order valence-electron chi connectivity index (χ1n) is 5.87. The van der Waals surface area contributed by atoms with Crippen molar-refractivity contribution in [3.8, 4) is 0 Å². The molecule has 0 radical (unpaired) electrons. The van der Waals surface area contributed by atoms with Gasteiger partial charge in [-0.3, -0.25) is 9.52 Å². The first-order chi connectivity index (χ1) is 9.23. The smallest absolute Gasteiger partial charge is 0.233 e. The minimum Gasteiger partial charge on any atom is -0.326 e.